The van der Waals surface area contributed by atoms with Gasteiger partial charge in [0.1, 0.15) is 5.78 Å². The first-order chi connectivity index (χ1) is 7.12. The average Bonchev–Trinajstić information content (AvgIpc) is 2.73. The second kappa shape index (κ2) is 3.61. The predicted molar refractivity (Wildman–Crippen MR) is 54.9 cm³/mol. The van der Waals surface area contributed by atoms with Crippen LogP contribution in [0.15, 0.2) is 0 Å². The largest absolute Gasteiger partial charge is 0.388 e. The Morgan fingerprint density at radius 1 is 1.13 bits per heavy atom. The average molecular weight is 207 g/mol. The summed E-state index contributed by atoms with van der Waals surface area (Å²) in [6.07, 6.45) is 5.52. The van der Waals surface area contributed by atoms with Crippen molar-refractivity contribution in [1.29, 1.82) is 5.26 Å². The highest BCUT2D eigenvalue weighted by Gasteiger charge is 2.53. The molecule has 0 atom stereocenters. The van der Waals surface area contributed by atoms with Gasteiger partial charge in [0.05, 0.1) is 17.1 Å². The van der Waals surface area contributed by atoms with E-state index in [1.807, 2.05) is 0 Å². The van der Waals surface area contributed by atoms with E-state index >= 15 is 0 Å². The molecule has 2 aliphatic carbocycles. The Kier molecular flexibility index (Phi) is 2.56. The van der Waals surface area contributed by atoms with E-state index in [4.69, 9.17) is 0 Å². The van der Waals surface area contributed by atoms with Gasteiger partial charge in [0.15, 0.2) is 0 Å². The fourth-order valence-corrected chi connectivity index (χ4v) is 3.08. The Morgan fingerprint density at radius 3 is 2.13 bits per heavy atom. The van der Waals surface area contributed by atoms with Crippen molar-refractivity contribution < 1.29 is 9.90 Å². The zero-order valence-corrected chi connectivity index (χ0v) is 8.96. The molecule has 2 saturated carbocycles. The first-order valence-electron chi connectivity index (χ1n) is 5.77. The van der Waals surface area contributed by atoms with Gasteiger partial charge in [-0.15, -0.1) is 0 Å². The molecule has 0 saturated heterocycles. The second-order valence-electron chi connectivity index (χ2n) is 4.97. The highest BCUT2D eigenvalue weighted by atomic mass is 16.3. The number of nitriles is 1. The lowest BCUT2D eigenvalue weighted by Gasteiger charge is -2.42. The molecular weight excluding hydrogens is 190 g/mol. The summed E-state index contributed by atoms with van der Waals surface area (Å²) < 4.78 is 0. The SMILES string of the molecule is N#CC1(C2(O)CCC(=O)CC2)CCCC1. The van der Waals surface area contributed by atoms with Crippen molar-refractivity contribution in [2.45, 2.75) is 57.0 Å². The maximum atomic E-state index is 11.2. The lowest BCUT2D eigenvalue weighted by Crippen LogP contribution is -2.48. The monoisotopic (exact) mass is 207 g/mol. The maximum Gasteiger partial charge on any atom is 0.133 e. The van der Waals surface area contributed by atoms with E-state index in [2.05, 4.69) is 6.07 Å². The normalized spacial score (nSPS) is 28.7. The van der Waals surface area contributed by atoms with Crippen LogP contribution in [0.3, 0.4) is 0 Å². The molecule has 0 aromatic heterocycles. The third-order valence-corrected chi connectivity index (χ3v) is 4.20. The molecule has 3 nitrogen and oxygen atoms in total. The van der Waals surface area contributed by atoms with E-state index in [1.165, 1.54) is 0 Å². The van der Waals surface area contributed by atoms with Crippen LogP contribution in [0.2, 0.25) is 0 Å². The topological polar surface area (TPSA) is 61.1 Å². The van der Waals surface area contributed by atoms with Crippen LogP contribution < -0.4 is 0 Å². The highest BCUT2D eigenvalue weighted by molar-refractivity contribution is 5.79. The van der Waals surface area contributed by atoms with Gasteiger partial charge < -0.3 is 5.11 Å². The highest BCUT2D eigenvalue weighted by Crippen LogP contribution is 2.51. The van der Waals surface area contributed by atoms with E-state index in [-0.39, 0.29) is 5.78 Å². The Morgan fingerprint density at radius 2 is 1.67 bits per heavy atom. The predicted octanol–water partition coefficient (Wildman–Crippen LogP) is 1.94. The van der Waals surface area contributed by atoms with E-state index < -0.39 is 11.0 Å². The number of hydrogen-bond donors (Lipinski definition) is 1. The summed E-state index contributed by atoms with van der Waals surface area (Å²) in [6.45, 7) is 0. The van der Waals surface area contributed by atoms with Crippen LogP contribution in [0.4, 0.5) is 0 Å². The Labute approximate surface area is 90.1 Å². The number of ketones is 1. The molecule has 0 aromatic carbocycles. The summed E-state index contributed by atoms with van der Waals surface area (Å²) in [5.41, 5.74) is -1.46. The number of hydrogen-bond acceptors (Lipinski definition) is 3. The van der Waals surface area contributed by atoms with Crippen LogP contribution in [0.1, 0.15) is 51.4 Å². The first-order valence-corrected chi connectivity index (χ1v) is 5.77. The molecule has 0 amide bonds. The lowest BCUT2D eigenvalue weighted by atomic mass is 9.64. The van der Waals surface area contributed by atoms with Crippen molar-refractivity contribution >= 4 is 5.78 Å². The molecular formula is C12H17NO2. The smallest absolute Gasteiger partial charge is 0.133 e. The molecule has 0 aliphatic heterocycles. The Hall–Kier alpha value is -0.880. The molecule has 0 bridgehead atoms. The van der Waals surface area contributed by atoms with E-state index in [0.717, 1.165) is 25.7 Å². The summed E-state index contributed by atoms with van der Waals surface area (Å²) in [4.78, 5) is 11.2. The molecule has 82 valence electrons. The van der Waals surface area contributed by atoms with Crippen molar-refractivity contribution in [2.24, 2.45) is 5.41 Å². The van der Waals surface area contributed by atoms with Crippen LogP contribution in [-0.4, -0.2) is 16.5 Å². The molecule has 1 N–H and O–H groups in total. The number of carbonyl (C=O) groups excluding carboxylic acids is 1. The fraction of sp³-hybridized carbons (Fsp3) is 0.833. The van der Waals surface area contributed by atoms with Gasteiger partial charge in [-0.3, -0.25) is 4.79 Å². The maximum absolute atomic E-state index is 11.2. The van der Waals surface area contributed by atoms with Crippen LogP contribution >= 0.6 is 0 Å². The van der Waals surface area contributed by atoms with E-state index in [9.17, 15) is 15.2 Å². The Balaban J connectivity index is 2.20. The van der Waals surface area contributed by atoms with Crippen LogP contribution in [0, 0.1) is 16.7 Å². The minimum absolute atomic E-state index is 0.228. The molecule has 2 fully saturated rings. The van der Waals surface area contributed by atoms with E-state index in [0.29, 0.717) is 25.7 Å². The Bertz CT molecular complexity index is 300. The second-order valence-corrected chi connectivity index (χ2v) is 4.97. The van der Waals surface area contributed by atoms with Gasteiger partial charge in [0.25, 0.3) is 0 Å². The molecule has 2 aliphatic rings. The molecule has 0 unspecified atom stereocenters. The molecule has 3 heteroatoms. The molecule has 0 heterocycles. The third-order valence-electron chi connectivity index (χ3n) is 4.20. The van der Waals surface area contributed by atoms with Gasteiger partial charge in [-0.05, 0) is 25.7 Å². The number of nitrogens with zero attached hydrogens (tertiary/aromatic N) is 1. The fourth-order valence-electron chi connectivity index (χ4n) is 3.08. The molecule has 15 heavy (non-hydrogen) atoms. The van der Waals surface area contributed by atoms with Gasteiger partial charge in [0, 0.05) is 12.8 Å². The van der Waals surface area contributed by atoms with Gasteiger partial charge in [0.2, 0.25) is 0 Å². The first kappa shape index (κ1) is 10.6. The number of rotatable bonds is 1. The molecule has 0 spiro atoms. The quantitative estimate of drug-likeness (QED) is 0.714. The zero-order chi connectivity index (χ0) is 10.9. The van der Waals surface area contributed by atoms with Crippen LogP contribution in [0.5, 0.6) is 0 Å². The van der Waals surface area contributed by atoms with Crippen LogP contribution in [-0.2, 0) is 4.79 Å². The summed E-state index contributed by atoms with van der Waals surface area (Å²) in [7, 11) is 0. The number of Topliss-reactive ketones (excluding diaryl/α,β-unsaturated/α-hetero) is 1. The summed E-state index contributed by atoms with van der Waals surface area (Å²) in [5, 5.41) is 19.9. The molecule has 0 radical (unpaired) electrons. The van der Waals surface area contributed by atoms with Crippen molar-refractivity contribution in [2.75, 3.05) is 0 Å². The standard InChI is InChI=1S/C12H17NO2/c13-9-11(5-1-2-6-11)12(15)7-3-10(14)4-8-12/h15H,1-8H2. The van der Waals surface area contributed by atoms with Gasteiger partial charge in [-0.2, -0.15) is 5.26 Å². The minimum atomic E-state index is -0.897. The number of aliphatic hydroxyl groups is 1. The summed E-state index contributed by atoms with van der Waals surface area (Å²) >= 11 is 0. The minimum Gasteiger partial charge on any atom is -0.388 e. The van der Waals surface area contributed by atoms with Crippen molar-refractivity contribution in [3.63, 3.8) is 0 Å². The van der Waals surface area contributed by atoms with Gasteiger partial charge >= 0.3 is 0 Å². The van der Waals surface area contributed by atoms with Crippen molar-refractivity contribution in [3.05, 3.63) is 0 Å². The van der Waals surface area contributed by atoms with Gasteiger partial charge in [-0.25, -0.2) is 0 Å². The van der Waals surface area contributed by atoms with Crippen molar-refractivity contribution in [3.8, 4) is 6.07 Å². The summed E-state index contributed by atoms with van der Waals surface area (Å²) in [5.74, 6) is 0.228. The zero-order valence-electron chi connectivity index (χ0n) is 8.96. The number of carbonyl (C=O) groups is 1. The van der Waals surface area contributed by atoms with E-state index in [1.54, 1.807) is 0 Å². The van der Waals surface area contributed by atoms with Gasteiger partial charge in [-0.1, -0.05) is 12.8 Å². The summed E-state index contributed by atoms with van der Waals surface area (Å²) in [6, 6.07) is 2.34. The molecule has 0 aromatic rings. The third kappa shape index (κ3) is 1.57. The van der Waals surface area contributed by atoms with Crippen molar-refractivity contribution in [1.82, 2.24) is 0 Å². The van der Waals surface area contributed by atoms with Crippen LogP contribution in [0.25, 0.3) is 0 Å². The molecule has 2 rings (SSSR count). The lowest BCUT2D eigenvalue weighted by molar-refractivity contribution is -0.132.